The molecule has 2 rings (SSSR count). The van der Waals surface area contributed by atoms with Crippen LogP contribution in [0.1, 0.15) is 38.1 Å². The van der Waals surface area contributed by atoms with Crippen molar-refractivity contribution in [2.24, 2.45) is 0 Å². The van der Waals surface area contributed by atoms with E-state index in [4.69, 9.17) is 4.74 Å². The molecule has 0 saturated carbocycles. The van der Waals surface area contributed by atoms with Crippen LogP contribution in [0.3, 0.4) is 0 Å². The van der Waals surface area contributed by atoms with Crippen LogP contribution in [0.2, 0.25) is 0 Å². The second-order valence-electron chi connectivity index (χ2n) is 6.42. The topological polar surface area (TPSA) is 84.5 Å². The molecular formula is C19H24N2O4S. The van der Waals surface area contributed by atoms with E-state index in [1.165, 1.54) is 12.1 Å². The van der Waals surface area contributed by atoms with Gasteiger partial charge in [0.05, 0.1) is 16.6 Å². The van der Waals surface area contributed by atoms with E-state index in [0.717, 1.165) is 0 Å². The Morgan fingerprint density at radius 1 is 0.962 bits per heavy atom. The summed E-state index contributed by atoms with van der Waals surface area (Å²) in [6, 6.07) is 12.8. The minimum absolute atomic E-state index is 0.0538. The van der Waals surface area contributed by atoms with Gasteiger partial charge in [0.2, 0.25) is 10.0 Å². The molecule has 0 aliphatic heterocycles. The summed E-state index contributed by atoms with van der Waals surface area (Å²) in [6.07, 6.45) is -0.0538. The molecule has 0 radical (unpaired) electrons. The summed E-state index contributed by atoms with van der Waals surface area (Å²) in [5.41, 5.74) is 0.914. The summed E-state index contributed by atoms with van der Waals surface area (Å²) in [5, 5.41) is 2.76. The summed E-state index contributed by atoms with van der Waals surface area (Å²) < 4.78 is 32.4. The summed E-state index contributed by atoms with van der Waals surface area (Å²) in [5.74, 6) is 0.178. The maximum atomic E-state index is 12.5. The van der Waals surface area contributed by atoms with Crippen LogP contribution >= 0.6 is 0 Å². The maximum absolute atomic E-state index is 12.5. The first-order chi connectivity index (χ1) is 12.2. The first-order valence-corrected chi connectivity index (χ1v) is 9.87. The Morgan fingerprint density at radius 3 is 2.15 bits per heavy atom. The van der Waals surface area contributed by atoms with Crippen LogP contribution in [0, 0.1) is 0 Å². The van der Waals surface area contributed by atoms with E-state index in [2.05, 4.69) is 10.0 Å². The number of hydrogen-bond acceptors (Lipinski definition) is 4. The van der Waals surface area contributed by atoms with Crippen molar-refractivity contribution in [3.8, 4) is 5.75 Å². The number of sulfonamides is 1. The molecule has 2 N–H and O–H groups in total. The van der Waals surface area contributed by atoms with E-state index in [9.17, 15) is 13.2 Å². The third kappa shape index (κ3) is 5.31. The maximum Gasteiger partial charge on any atom is 0.259 e. The molecule has 140 valence electrons. The first-order valence-electron chi connectivity index (χ1n) is 8.38. The van der Waals surface area contributed by atoms with Crippen LogP contribution in [0.15, 0.2) is 53.4 Å². The van der Waals surface area contributed by atoms with Crippen molar-refractivity contribution in [2.75, 3.05) is 5.32 Å². The zero-order chi connectivity index (χ0) is 19.3. The summed E-state index contributed by atoms with van der Waals surface area (Å²) >= 11 is 0. The number of anilines is 1. The van der Waals surface area contributed by atoms with Gasteiger partial charge in [0, 0.05) is 11.7 Å². The van der Waals surface area contributed by atoms with E-state index in [-0.39, 0.29) is 22.9 Å². The minimum Gasteiger partial charge on any atom is -0.490 e. The lowest BCUT2D eigenvalue weighted by molar-refractivity contribution is 0.102. The Kier molecular flexibility index (Phi) is 6.39. The Bertz CT molecular complexity index is 859. The van der Waals surface area contributed by atoms with E-state index < -0.39 is 10.0 Å². The molecule has 0 aliphatic carbocycles. The van der Waals surface area contributed by atoms with E-state index in [1.54, 1.807) is 50.2 Å². The standard InChI is InChI=1S/C19H24N2O4S/c1-13(2)21-26(23,24)16-11-9-15(10-12-16)20-19(22)17-7-5-6-8-18(17)25-14(3)4/h5-14,21H,1-4H3,(H,20,22). The van der Waals surface area contributed by atoms with Gasteiger partial charge in [0.25, 0.3) is 5.91 Å². The van der Waals surface area contributed by atoms with Crippen molar-refractivity contribution in [1.29, 1.82) is 0 Å². The molecule has 2 aromatic carbocycles. The molecule has 0 heterocycles. The van der Waals surface area contributed by atoms with Crippen molar-refractivity contribution >= 4 is 21.6 Å². The molecule has 26 heavy (non-hydrogen) atoms. The highest BCUT2D eigenvalue weighted by atomic mass is 32.2. The molecule has 0 aliphatic rings. The Labute approximate surface area is 154 Å². The molecule has 1 amide bonds. The van der Waals surface area contributed by atoms with E-state index in [0.29, 0.717) is 17.0 Å². The number of ether oxygens (including phenoxy) is 1. The number of carbonyl (C=O) groups is 1. The average Bonchev–Trinajstić information content (AvgIpc) is 2.54. The number of rotatable bonds is 7. The minimum atomic E-state index is -3.56. The van der Waals surface area contributed by atoms with Crippen LogP contribution in [-0.4, -0.2) is 26.5 Å². The smallest absolute Gasteiger partial charge is 0.259 e. The number of nitrogens with one attached hydrogen (secondary N) is 2. The Morgan fingerprint density at radius 2 is 1.58 bits per heavy atom. The lowest BCUT2D eigenvalue weighted by Crippen LogP contribution is -2.30. The monoisotopic (exact) mass is 376 g/mol. The quantitative estimate of drug-likeness (QED) is 0.775. The molecule has 0 aromatic heterocycles. The van der Waals surface area contributed by atoms with Gasteiger partial charge in [0.15, 0.2) is 0 Å². The Hall–Kier alpha value is -2.38. The number of carbonyl (C=O) groups excluding carboxylic acids is 1. The lowest BCUT2D eigenvalue weighted by Gasteiger charge is -2.14. The van der Waals surface area contributed by atoms with Crippen LogP contribution in [0.25, 0.3) is 0 Å². The van der Waals surface area contributed by atoms with Crippen molar-refractivity contribution in [3.63, 3.8) is 0 Å². The average molecular weight is 376 g/mol. The molecular weight excluding hydrogens is 352 g/mol. The normalized spacial score (nSPS) is 11.6. The second kappa shape index (κ2) is 8.33. The first kappa shape index (κ1) is 19.9. The molecule has 0 bridgehead atoms. The number of para-hydroxylation sites is 1. The largest absolute Gasteiger partial charge is 0.490 e. The predicted molar refractivity (Wildman–Crippen MR) is 102 cm³/mol. The van der Waals surface area contributed by atoms with Crippen molar-refractivity contribution in [3.05, 3.63) is 54.1 Å². The van der Waals surface area contributed by atoms with E-state index in [1.807, 2.05) is 13.8 Å². The highest BCUT2D eigenvalue weighted by Crippen LogP contribution is 2.21. The number of benzene rings is 2. The number of hydrogen-bond donors (Lipinski definition) is 2. The summed E-state index contributed by atoms with van der Waals surface area (Å²) in [7, 11) is -3.56. The summed E-state index contributed by atoms with van der Waals surface area (Å²) in [4.78, 5) is 12.7. The third-order valence-electron chi connectivity index (χ3n) is 3.31. The summed E-state index contributed by atoms with van der Waals surface area (Å²) in [6.45, 7) is 7.28. The van der Waals surface area contributed by atoms with Crippen molar-refractivity contribution in [2.45, 2.75) is 44.7 Å². The van der Waals surface area contributed by atoms with E-state index >= 15 is 0 Å². The number of amides is 1. The Balaban J connectivity index is 2.16. The van der Waals surface area contributed by atoms with Crippen LogP contribution in [0.4, 0.5) is 5.69 Å². The molecule has 0 fully saturated rings. The van der Waals surface area contributed by atoms with Gasteiger partial charge >= 0.3 is 0 Å². The van der Waals surface area contributed by atoms with Gasteiger partial charge in [-0.05, 0) is 64.1 Å². The van der Waals surface area contributed by atoms with Gasteiger partial charge in [0.1, 0.15) is 5.75 Å². The highest BCUT2D eigenvalue weighted by Gasteiger charge is 2.16. The molecule has 7 heteroatoms. The molecule has 0 atom stereocenters. The molecule has 0 saturated heterocycles. The van der Waals surface area contributed by atoms with Crippen LogP contribution in [-0.2, 0) is 10.0 Å². The van der Waals surface area contributed by atoms with Gasteiger partial charge in [-0.25, -0.2) is 13.1 Å². The predicted octanol–water partition coefficient (Wildman–Crippen LogP) is 3.41. The molecule has 0 unspecified atom stereocenters. The lowest BCUT2D eigenvalue weighted by atomic mass is 10.1. The molecule has 2 aromatic rings. The fraction of sp³-hybridized carbons (Fsp3) is 0.316. The highest BCUT2D eigenvalue weighted by molar-refractivity contribution is 7.89. The van der Waals surface area contributed by atoms with Crippen molar-refractivity contribution < 1.29 is 17.9 Å². The van der Waals surface area contributed by atoms with Gasteiger partial charge in [-0.2, -0.15) is 0 Å². The van der Waals surface area contributed by atoms with Crippen molar-refractivity contribution in [1.82, 2.24) is 4.72 Å². The second-order valence-corrected chi connectivity index (χ2v) is 8.13. The molecule has 6 nitrogen and oxygen atoms in total. The SMILES string of the molecule is CC(C)NS(=O)(=O)c1ccc(NC(=O)c2ccccc2OC(C)C)cc1. The van der Waals surface area contributed by atoms with Gasteiger partial charge in [-0.15, -0.1) is 0 Å². The third-order valence-corrected chi connectivity index (χ3v) is 4.98. The van der Waals surface area contributed by atoms with Crippen LogP contribution in [0.5, 0.6) is 5.75 Å². The van der Waals surface area contributed by atoms with Gasteiger partial charge < -0.3 is 10.1 Å². The van der Waals surface area contributed by atoms with Gasteiger partial charge in [-0.1, -0.05) is 12.1 Å². The zero-order valence-corrected chi connectivity index (χ0v) is 16.1. The zero-order valence-electron chi connectivity index (χ0n) is 15.3. The fourth-order valence-corrected chi connectivity index (χ4v) is 3.56. The molecule has 0 spiro atoms. The van der Waals surface area contributed by atoms with Gasteiger partial charge in [-0.3, -0.25) is 4.79 Å². The fourth-order valence-electron chi connectivity index (χ4n) is 2.31. The van der Waals surface area contributed by atoms with Crippen LogP contribution < -0.4 is 14.8 Å².